The summed E-state index contributed by atoms with van der Waals surface area (Å²) in [5.74, 6) is -2.19. The number of ketones is 2. The molecule has 0 aromatic carbocycles. The molecule has 3 atom stereocenters. The van der Waals surface area contributed by atoms with Crippen molar-refractivity contribution in [1.82, 2.24) is 5.32 Å². The highest BCUT2D eigenvalue weighted by Gasteiger charge is 2.44. The Bertz CT molecular complexity index is 417. The first-order valence-corrected chi connectivity index (χ1v) is 7.02. The number of fused-ring (bicyclic) bond motifs is 1. The zero-order chi connectivity index (χ0) is 13.8. The molecule has 1 fully saturated rings. The Morgan fingerprint density at radius 3 is 3.00 bits per heavy atom. The van der Waals surface area contributed by atoms with Crippen LogP contribution in [0.5, 0.6) is 0 Å². The van der Waals surface area contributed by atoms with Crippen LogP contribution in [-0.4, -0.2) is 36.3 Å². The minimum atomic E-state index is -0.875. The summed E-state index contributed by atoms with van der Waals surface area (Å²) in [7, 11) is 0. The molecule has 1 heterocycles. The van der Waals surface area contributed by atoms with Gasteiger partial charge in [0.15, 0.2) is 5.78 Å². The molecular weight excluding hydrogens is 244 g/mol. The summed E-state index contributed by atoms with van der Waals surface area (Å²) in [5, 5.41) is 2.73. The third-order valence-corrected chi connectivity index (χ3v) is 3.81. The highest BCUT2D eigenvalue weighted by molar-refractivity contribution is 6.21. The summed E-state index contributed by atoms with van der Waals surface area (Å²) in [5.41, 5.74) is 0. The van der Waals surface area contributed by atoms with Gasteiger partial charge in [0.05, 0.1) is 12.0 Å². The smallest absolute Gasteiger partial charge is 0.236 e. The maximum Gasteiger partial charge on any atom is 0.236 e. The molecule has 0 bridgehead atoms. The zero-order valence-electron chi connectivity index (χ0n) is 11.2. The number of nitrogens with zero attached hydrogens (tertiary/aromatic N) is 1. The minimum Gasteiger partial charge on any atom is -0.355 e. The van der Waals surface area contributed by atoms with Crippen LogP contribution >= 0.6 is 0 Å². The number of nitrogens with one attached hydrogen (secondary N) is 1. The lowest BCUT2D eigenvalue weighted by atomic mass is 9.75. The van der Waals surface area contributed by atoms with Gasteiger partial charge in [0.25, 0.3) is 0 Å². The van der Waals surface area contributed by atoms with Crippen LogP contribution < -0.4 is 5.32 Å². The molecular formula is C14H20N2O3. The Morgan fingerprint density at radius 1 is 1.47 bits per heavy atom. The van der Waals surface area contributed by atoms with E-state index in [9.17, 15) is 14.4 Å². The molecule has 2 rings (SSSR count). The van der Waals surface area contributed by atoms with Crippen molar-refractivity contribution in [3.63, 3.8) is 0 Å². The van der Waals surface area contributed by atoms with Crippen LogP contribution in [0.25, 0.3) is 0 Å². The van der Waals surface area contributed by atoms with Crippen molar-refractivity contribution in [2.45, 2.75) is 45.1 Å². The molecule has 1 amide bonds. The van der Waals surface area contributed by atoms with Crippen molar-refractivity contribution in [3.8, 4) is 0 Å². The van der Waals surface area contributed by atoms with Crippen molar-refractivity contribution < 1.29 is 14.4 Å². The standard InChI is InChI=1S/C14H20N2O3/c1-2-3-7-15-14(19)9-8-16-10-5-4-6-11(17)12(10)13(9)18/h8-10,12H,2-7H2,1H3,(H,15,19). The second kappa shape index (κ2) is 6.08. The summed E-state index contributed by atoms with van der Waals surface area (Å²) in [4.78, 5) is 40.3. The van der Waals surface area contributed by atoms with Crippen LogP contribution in [0.15, 0.2) is 4.99 Å². The Hall–Kier alpha value is -1.52. The average molecular weight is 264 g/mol. The fraction of sp³-hybridized carbons (Fsp3) is 0.714. The van der Waals surface area contributed by atoms with Crippen LogP contribution in [-0.2, 0) is 14.4 Å². The second-order valence-electron chi connectivity index (χ2n) is 5.23. The van der Waals surface area contributed by atoms with Gasteiger partial charge in [0, 0.05) is 19.2 Å². The van der Waals surface area contributed by atoms with E-state index in [0.29, 0.717) is 13.0 Å². The number of rotatable bonds is 4. The van der Waals surface area contributed by atoms with E-state index in [1.54, 1.807) is 0 Å². The van der Waals surface area contributed by atoms with Crippen molar-refractivity contribution in [2.24, 2.45) is 16.8 Å². The number of hydrogen-bond acceptors (Lipinski definition) is 4. The molecule has 0 saturated heterocycles. The number of Topliss-reactive ketones (excluding diaryl/α,β-unsaturated/α-hetero) is 2. The monoisotopic (exact) mass is 264 g/mol. The number of hydrogen-bond donors (Lipinski definition) is 1. The molecule has 1 N–H and O–H groups in total. The fourth-order valence-corrected chi connectivity index (χ4v) is 2.69. The highest BCUT2D eigenvalue weighted by atomic mass is 16.2. The Kier molecular flexibility index (Phi) is 4.45. The van der Waals surface area contributed by atoms with Gasteiger partial charge in [-0.05, 0) is 19.3 Å². The van der Waals surface area contributed by atoms with Crippen molar-refractivity contribution in [1.29, 1.82) is 0 Å². The first kappa shape index (κ1) is 13.9. The summed E-state index contributed by atoms with van der Waals surface area (Å²) in [6.45, 7) is 2.60. The molecule has 1 saturated carbocycles. The molecule has 3 unspecified atom stereocenters. The van der Waals surface area contributed by atoms with Crippen LogP contribution in [0.2, 0.25) is 0 Å². The van der Waals surface area contributed by atoms with Gasteiger partial charge in [-0.25, -0.2) is 0 Å². The number of carbonyl (C=O) groups is 3. The first-order chi connectivity index (χ1) is 9.15. The SMILES string of the molecule is CCCCNC(=O)C1C=NC2CCCC(=O)C2C1=O. The van der Waals surface area contributed by atoms with E-state index < -0.39 is 11.8 Å². The van der Waals surface area contributed by atoms with Crippen molar-refractivity contribution in [2.75, 3.05) is 6.54 Å². The third kappa shape index (κ3) is 2.91. The topological polar surface area (TPSA) is 75.6 Å². The van der Waals surface area contributed by atoms with Gasteiger partial charge in [-0.2, -0.15) is 0 Å². The van der Waals surface area contributed by atoms with Gasteiger partial charge < -0.3 is 5.32 Å². The predicted octanol–water partition coefficient (Wildman–Crippen LogP) is 0.910. The van der Waals surface area contributed by atoms with E-state index in [0.717, 1.165) is 25.7 Å². The molecule has 0 radical (unpaired) electrons. The van der Waals surface area contributed by atoms with Gasteiger partial charge in [-0.1, -0.05) is 13.3 Å². The first-order valence-electron chi connectivity index (χ1n) is 7.02. The highest BCUT2D eigenvalue weighted by Crippen LogP contribution is 2.29. The van der Waals surface area contributed by atoms with E-state index in [2.05, 4.69) is 10.3 Å². The molecule has 5 nitrogen and oxygen atoms in total. The molecule has 19 heavy (non-hydrogen) atoms. The lowest BCUT2D eigenvalue weighted by Gasteiger charge is -2.31. The summed E-state index contributed by atoms with van der Waals surface area (Å²) >= 11 is 0. The Morgan fingerprint density at radius 2 is 2.26 bits per heavy atom. The van der Waals surface area contributed by atoms with Gasteiger partial charge in [-0.15, -0.1) is 0 Å². The lowest BCUT2D eigenvalue weighted by molar-refractivity contribution is -0.139. The molecule has 0 aromatic rings. The third-order valence-electron chi connectivity index (χ3n) is 3.81. The van der Waals surface area contributed by atoms with Gasteiger partial charge in [0.2, 0.25) is 5.91 Å². The van der Waals surface area contributed by atoms with Gasteiger partial charge in [0.1, 0.15) is 11.7 Å². The van der Waals surface area contributed by atoms with E-state index in [4.69, 9.17) is 0 Å². The fourth-order valence-electron chi connectivity index (χ4n) is 2.69. The number of amides is 1. The number of carbonyl (C=O) groups excluding carboxylic acids is 3. The normalized spacial score (nSPS) is 30.1. The second-order valence-corrected chi connectivity index (χ2v) is 5.23. The minimum absolute atomic E-state index is 0.0514. The molecule has 1 aliphatic carbocycles. The molecule has 5 heteroatoms. The van der Waals surface area contributed by atoms with Crippen LogP contribution in [0.3, 0.4) is 0 Å². The van der Waals surface area contributed by atoms with Crippen molar-refractivity contribution in [3.05, 3.63) is 0 Å². The van der Waals surface area contributed by atoms with Crippen LogP contribution in [0.4, 0.5) is 0 Å². The molecule has 1 aliphatic heterocycles. The zero-order valence-corrected chi connectivity index (χ0v) is 11.2. The maximum absolute atomic E-state index is 12.3. The Balaban J connectivity index is 2.04. The van der Waals surface area contributed by atoms with E-state index >= 15 is 0 Å². The van der Waals surface area contributed by atoms with Gasteiger partial charge in [-0.3, -0.25) is 19.4 Å². The molecule has 0 spiro atoms. The quantitative estimate of drug-likeness (QED) is 0.605. The number of unbranched alkanes of at least 4 members (excludes halogenated alkanes) is 1. The molecule has 0 aromatic heterocycles. The predicted molar refractivity (Wildman–Crippen MR) is 71.0 cm³/mol. The average Bonchev–Trinajstić information content (AvgIpc) is 2.39. The largest absolute Gasteiger partial charge is 0.355 e. The van der Waals surface area contributed by atoms with Crippen molar-refractivity contribution >= 4 is 23.7 Å². The van der Waals surface area contributed by atoms with Crippen LogP contribution in [0.1, 0.15) is 39.0 Å². The Labute approximate surface area is 112 Å². The summed E-state index contributed by atoms with van der Waals surface area (Å²) < 4.78 is 0. The lowest BCUT2D eigenvalue weighted by Crippen LogP contribution is -2.49. The van der Waals surface area contributed by atoms with E-state index in [1.807, 2.05) is 6.92 Å². The summed E-state index contributed by atoms with van der Waals surface area (Å²) in [6.07, 6.45) is 5.29. The molecule has 104 valence electrons. The summed E-state index contributed by atoms with van der Waals surface area (Å²) in [6, 6.07) is -0.228. The maximum atomic E-state index is 12.3. The van der Waals surface area contributed by atoms with E-state index in [-0.39, 0.29) is 23.5 Å². The number of aliphatic imine (C=N–C) groups is 1. The van der Waals surface area contributed by atoms with Crippen LogP contribution in [0, 0.1) is 11.8 Å². The molecule has 2 aliphatic rings. The van der Waals surface area contributed by atoms with E-state index in [1.165, 1.54) is 6.21 Å². The van der Waals surface area contributed by atoms with Gasteiger partial charge >= 0.3 is 0 Å².